The molecule has 182 valence electrons. The molecule has 0 saturated carbocycles. The number of pyridine rings is 1. The summed E-state index contributed by atoms with van der Waals surface area (Å²) in [5.74, 6) is 0. The molecule has 6 rings (SSSR count). The fourth-order valence-corrected chi connectivity index (χ4v) is 4.99. The van der Waals surface area contributed by atoms with Gasteiger partial charge in [-0.2, -0.15) is 10.2 Å². The molecule has 2 atom stereocenters. The van der Waals surface area contributed by atoms with Gasteiger partial charge in [0.05, 0.1) is 29.8 Å². The molecule has 0 spiro atoms. The van der Waals surface area contributed by atoms with Crippen LogP contribution in [0.5, 0.6) is 0 Å². The topological polar surface area (TPSA) is 95.1 Å². The number of aryl methyl sites for hydroxylation is 1. The molecule has 36 heavy (non-hydrogen) atoms. The highest BCUT2D eigenvalue weighted by Gasteiger charge is 2.32. The lowest BCUT2D eigenvalue weighted by molar-refractivity contribution is -0.0338. The first-order valence-electron chi connectivity index (χ1n) is 11.8. The summed E-state index contributed by atoms with van der Waals surface area (Å²) in [6.07, 6.45) is 1.61. The molecule has 0 radical (unpaired) electrons. The van der Waals surface area contributed by atoms with Crippen LogP contribution in [0.1, 0.15) is 23.7 Å². The minimum atomic E-state index is -0.704. The lowest BCUT2D eigenvalue weighted by atomic mass is 10.1. The van der Waals surface area contributed by atoms with E-state index in [-0.39, 0.29) is 17.9 Å². The van der Waals surface area contributed by atoms with Crippen molar-refractivity contribution in [2.45, 2.75) is 32.0 Å². The fraction of sp³-hybridized carbons (Fsp3) is 0.259. The number of aliphatic hydroxyl groups is 1. The van der Waals surface area contributed by atoms with E-state index in [1.165, 1.54) is 4.68 Å². The van der Waals surface area contributed by atoms with Crippen LogP contribution in [0.4, 0.5) is 0 Å². The van der Waals surface area contributed by atoms with Crippen LogP contribution < -0.4 is 5.56 Å². The van der Waals surface area contributed by atoms with Gasteiger partial charge >= 0.3 is 0 Å². The van der Waals surface area contributed by atoms with Gasteiger partial charge in [-0.05, 0) is 36.6 Å². The van der Waals surface area contributed by atoms with Gasteiger partial charge in [-0.1, -0.05) is 54.1 Å². The van der Waals surface area contributed by atoms with Crippen molar-refractivity contribution in [2.75, 3.05) is 13.2 Å². The van der Waals surface area contributed by atoms with Gasteiger partial charge < -0.3 is 9.84 Å². The molecule has 1 saturated heterocycles. The number of nitrogens with zero attached hydrogens (tertiary/aromatic N) is 5. The normalized spacial score (nSPS) is 18.2. The Bertz CT molecular complexity index is 1580. The molecule has 2 aromatic carbocycles. The number of aromatic nitrogens is 5. The van der Waals surface area contributed by atoms with E-state index in [1.54, 1.807) is 10.7 Å². The first-order chi connectivity index (χ1) is 17.5. The monoisotopic (exact) mass is 501 g/mol. The second-order valence-corrected chi connectivity index (χ2v) is 9.53. The van der Waals surface area contributed by atoms with Crippen molar-refractivity contribution in [3.8, 4) is 22.5 Å². The summed E-state index contributed by atoms with van der Waals surface area (Å²) >= 11 is 6.62. The van der Waals surface area contributed by atoms with E-state index in [4.69, 9.17) is 21.4 Å². The van der Waals surface area contributed by atoms with Crippen molar-refractivity contribution >= 4 is 22.5 Å². The van der Waals surface area contributed by atoms with Crippen molar-refractivity contribution in [1.82, 2.24) is 24.5 Å². The zero-order valence-corrected chi connectivity index (χ0v) is 20.4. The quantitative estimate of drug-likeness (QED) is 0.398. The molecule has 1 aromatic heterocycles. The molecule has 0 amide bonds. The third-order valence-corrected chi connectivity index (χ3v) is 7.00. The number of benzene rings is 2. The van der Waals surface area contributed by atoms with Crippen LogP contribution in [0.15, 0.2) is 65.6 Å². The summed E-state index contributed by atoms with van der Waals surface area (Å²) in [5.41, 5.74) is 5.15. The highest BCUT2D eigenvalue weighted by molar-refractivity contribution is 6.35. The van der Waals surface area contributed by atoms with Gasteiger partial charge in [0.25, 0.3) is 5.56 Å². The molecule has 3 aliphatic rings. The van der Waals surface area contributed by atoms with Crippen molar-refractivity contribution in [2.24, 2.45) is 0 Å². The summed E-state index contributed by atoms with van der Waals surface area (Å²) in [6.45, 7) is 3.07. The maximum Gasteiger partial charge on any atom is 0.297 e. The van der Waals surface area contributed by atoms with Gasteiger partial charge in [-0.3, -0.25) is 14.5 Å². The first-order valence-corrected chi connectivity index (χ1v) is 12.2. The molecule has 3 aliphatic heterocycles. The highest BCUT2D eigenvalue weighted by Crippen LogP contribution is 2.32. The van der Waals surface area contributed by atoms with E-state index >= 15 is 0 Å². The molecule has 9 heteroatoms. The predicted molar refractivity (Wildman–Crippen MR) is 137 cm³/mol. The molecule has 8 nitrogen and oxygen atoms in total. The SMILES string of the molecule is Cc1ccc(-c2ccc(Cn3nc4c(=O)n(C5COCC[C@@H]5O)nc-4c4cccc(Cl)c43)cc2)cn1. The van der Waals surface area contributed by atoms with Crippen molar-refractivity contribution in [3.63, 3.8) is 0 Å². The van der Waals surface area contributed by atoms with E-state index in [1.807, 2.05) is 55.6 Å². The van der Waals surface area contributed by atoms with Crippen LogP contribution in [0.2, 0.25) is 5.02 Å². The minimum Gasteiger partial charge on any atom is -0.391 e. The minimum absolute atomic E-state index is 0.228. The van der Waals surface area contributed by atoms with E-state index in [9.17, 15) is 9.90 Å². The van der Waals surface area contributed by atoms with E-state index in [0.29, 0.717) is 35.8 Å². The van der Waals surface area contributed by atoms with Gasteiger partial charge in [0.15, 0.2) is 5.69 Å². The summed E-state index contributed by atoms with van der Waals surface area (Å²) in [7, 11) is 0. The average Bonchev–Trinajstić information content (AvgIpc) is 3.21. The number of halogens is 1. The number of ether oxygens (including phenoxy) is 1. The van der Waals surface area contributed by atoms with Crippen LogP contribution in [0.3, 0.4) is 0 Å². The third-order valence-electron chi connectivity index (χ3n) is 6.70. The third kappa shape index (κ3) is 3.97. The first kappa shape index (κ1) is 22.8. The van der Waals surface area contributed by atoms with Crippen LogP contribution in [0.25, 0.3) is 33.4 Å². The second kappa shape index (κ2) is 9.13. The van der Waals surface area contributed by atoms with Gasteiger partial charge in [0.1, 0.15) is 11.7 Å². The van der Waals surface area contributed by atoms with Gasteiger partial charge in [-0.15, -0.1) is 0 Å². The zero-order valence-electron chi connectivity index (χ0n) is 19.6. The van der Waals surface area contributed by atoms with Crippen molar-refractivity contribution < 1.29 is 9.84 Å². The molecule has 3 aromatic rings. The number of fused-ring (bicyclic) bond motifs is 3. The number of para-hydroxylation sites is 1. The largest absolute Gasteiger partial charge is 0.391 e. The maximum absolute atomic E-state index is 13.4. The van der Waals surface area contributed by atoms with Gasteiger partial charge in [-0.25, -0.2) is 4.68 Å². The fourth-order valence-electron chi connectivity index (χ4n) is 4.72. The standard InChI is InChI=1S/C27H24ClN5O3/c1-16-5-8-19(13-29-16)18-9-6-17(7-10-18)14-32-26-20(3-2-4-21(26)28)24-25(30-32)27(35)33(31-24)22-15-36-12-11-23(22)34/h2-10,13,22-23,34H,11-12,14-15H2,1H3/t22?,23-/m0/s1. The molecule has 1 N–H and O–H groups in total. The molecule has 1 fully saturated rings. The van der Waals surface area contributed by atoms with Crippen molar-refractivity contribution in [1.29, 1.82) is 0 Å². The van der Waals surface area contributed by atoms with E-state index < -0.39 is 12.1 Å². The van der Waals surface area contributed by atoms with Gasteiger partial charge in [0.2, 0.25) is 0 Å². The zero-order chi connectivity index (χ0) is 24.8. The summed E-state index contributed by atoms with van der Waals surface area (Å²) in [5, 5.41) is 21.0. The Morgan fingerprint density at radius 3 is 2.61 bits per heavy atom. The summed E-state index contributed by atoms with van der Waals surface area (Å²) in [4.78, 5) is 17.7. The Kier molecular flexibility index (Phi) is 5.79. The number of aliphatic hydroxyl groups excluding tert-OH is 1. The van der Waals surface area contributed by atoms with Crippen LogP contribution >= 0.6 is 11.6 Å². The molecule has 4 heterocycles. The Labute approximate surface area is 212 Å². The average molecular weight is 502 g/mol. The smallest absolute Gasteiger partial charge is 0.297 e. The van der Waals surface area contributed by atoms with Crippen LogP contribution in [-0.4, -0.2) is 49.0 Å². The second-order valence-electron chi connectivity index (χ2n) is 9.12. The van der Waals surface area contributed by atoms with Crippen LogP contribution in [0, 0.1) is 6.92 Å². The molecule has 1 unspecified atom stereocenters. The Hall–Kier alpha value is -3.59. The Morgan fingerprint density at radius 1 is 1.06 bits per heavy atom. The maximum atomic E-state index is 13.4. The lowest BCUT2D eigenvalue weighted by Gasteiger charge is -2.26. The molecule has 0 bridgehead atoms. The lowest BCUT2D eigenvalue weighted by Crippen LogP contribution is -2.38. The highest BCUT2D eigenvalue weighted by atomic mass is 35.5. The molecular weight excluding hydrogens is 478 g/mol. The molecular formula is C27H24ClN5O3. The number of hydrogen-bond donors (Lipinski definition) is 1. The molecule has 0 aliphatic carbocycles. The summed E-state index contributed by atoms with van der Waals surface area (Å²) < 4.78 is 8.57. The van der Waals surface area contributed by atoms with Crippen LogP contribution in [-0.2, 0) is 11.3 Å². The van der Waals surface area contributed by atoms with E-state index in [2.05, 4.69) is 16.1 Å². The Morgan fingerprint density at radius 2 is 1.86 bits per heavy atom. The van der Waals surface area contributed by atoms with Gasteiger partial charge in [0, 0.05) is 29.4 Å². The number of rotatable bonds is 4. The summed E-state index contributed by atoms with van der Waals surface area (Å²) in [6, 6.07) is 17.2. The predicted octanol–water partition coefficient (Wildman–Crippen LogP) is 4.09. The number of hydrogen-bond acceptors (Lipinski definition) is 6. The van der Waals surface area contributed by atoms with E-state index in [0.717, 1.165) is 27.8 Å². The van der Waals surface area contributed by atoms with Crippen molar-refractivity contribution in [3.05, 3.63) is 87.4 Å². The Balaban J connectivity index is 1.43.